The van der Waals surface area contributed by atoms with Crippen LogP contribution in [0.2, 0.25) is 0 Å². The molecule has 0 heterocycles. The van der Waals surface area contributed by atoms with E-state index < -0.39 is 11.8 Å². The van der Waals surface area contributed by atoms with Gasteiger partial charge in [-0.05, 0) is 60.2 Å². The van der Waals surface area contributed by atoms with Crippen LogP contribution in [0.3, 0.4) is 0 Å². The molecular weight excluding hydrogens is 426 g/mol. The molecule has 3 rings (SSSR count). The van der Waals surface area contributed by atoms with Crippen molar-refractivity contribution in [1.29, 1.82) is 0 Å². The van der Waals surface area contributed by atoms with Gasteiger partial charge in [0.25, 0.3) is 11.8 Å². The monoisotopic (exact) mass is 449 g/mol. The zero-order valence-electron chi connectivity index (χ0n) is 17.5. The number of hydrogen-bond acceptors (Lipinski definition) is 5. The molecular formula is C24H23N3O4S. The molecule has 3 N–H and O–H groups in total. The summed E-state index contributed by atoms with van der Waals surface area (Å²) in [6.07, 6.45) is 0.796. The molecule has 0 unspecified atom stereocenters. The normalized spacial score (nSPS) is 10.0. The van der Waals surface area contributed by atoms with Crippen LogP contribution in [0.5, 0.6) is 11.5 Å². The predicted octanol–water partition coefficient (Wildman–Crippen LogP) is 3.27. The van der Waals surface area contributed by atoms with Gasteiger partial charge in [-0.15, -0.1) is 0 Å². The Morgan fingerprint density at radius 2 is 1.56 bits per heavy atom. The van der Waals surface area contributed by atoms with Crippen LogP contribution in [-0.4, -0.2) is 30.6 Å². The average Bonchev–Trinajstić information content (AvgIpc) is 2.83. The molecule has 7 nitrogen and oxygen atoms in total. The fourth-order valence-electron chi connectivity index (χ4n) is 2.79. The van der Waals surface area contributed by atoms with E-state index >= 15 is 0 Å². The Hall–Kier alpha value is -3.91. The number of hydrogen-bond donors (Lipinski definition) is 3. The van der Waals surface area contributed by atoms with Gasteiger partial charge in [-0.2, -0.15) is 0 Å². The molecule has 32 heavy (non-hydrogen) atoms. The van der Waals surface area contributed by atoms with Crippen molar-refractivity contribution in [2.24, 2.45) is 0 Å². The lowest BCUT2D eigenvalue weighted by Crippen LogP contribution is -2.48. The van der Waals surface area contributed by atoms with E-state index in [0.717, 1.165) is 6.42 Å². The lowest BCUT2D eigenvalue weighted by atomic mass is 10.2. The first-order valence-corrected chi connectivity index (χ1v) is 10.3. The number of thiocarbonyl (C=S) groups is 1. The summed E-state index contributed by atoms with van der Waals surface area (Å²) < 4.78 is 10.8. The second kappa shape index (κ2) is 11.5. The summed E-state index contributed by atoms with van der Waals surface area (Å²) in [5.41, 5.74) is 6.93. The third-order valence-corrected chi connectivity index (χ3v) is 4.67. The van der Waals surface area contributed by atoms with E-state index in [2.05, 4.69) is 16.2 Å². The van der Waals surface area contributed by atoms with Crippen LogP contribution in [0.1, 0.15) is 26.3 Å². The van der Waals surface area contributed by atoms with Crippen LogP contribution >= 0.6 is 12.2 Å². The molecule has 3 aromatic carbocycles. The minimum Gasteiger partial charge on any atom is -0.497 e. The van der Waals surface area contributed by atoms with Crippen molar-refractivity contribution in [2.75, 3.05) is 13.7 Å². The highest BCUT2D eigenvalue weighted by Gasteiger charge is 2.10. The third kappa shape index (κ3) is 6.82. The summed E-state index contributed by atoms with van der Waals surface area (Å²) >= 11 is 5.07. The van der Waals surface area contributed by atoms with E-state index in [1.807, 2.05) is 30.3 Å². The highest BCUT2D eigenvalue weighted by Crippen LogP contribution is 2.13. The first kappa shape index (κ1) is 22.8. The highest BCUT2D eigenvalue weighted by molar-refractivity contribution is 7.80. The molecule has 0 radical (unpaired) electrons. The summed E-state index contributed by atoms with van der Waals surface area (Å²) in [5.74, 6) is 0.399. The van der Waals surface area contributed by atoms with Crippen LogP contribution < -0.4 is 25.6 Å². The number of rotatable bonds is 7. The first-order valence-electron chi connectivity index (χ1n) is 9.87. The van der Waals surface area contributed by atoms with Gasteiger partial charge in [0.15, 0.2) is 5.11 Å². The van der Waals surface area contributed by atoms with E-state index in [0.29, 0.717) is 29.2 Å². The number of ether oxygens (including phenoxy) is 2. The van der Waals surface area contributed by atoms with Crippen LogP contribution in [-0.2, 0) is 6.42 Å². The van der Waals surface area contributed by atoms with Crippen LogP contribution in [0.25, 0.3) is 0 Å². The van der Waals surface area contributed by atoms with E-state index in [9.17, 15) is 9.59 Å². The van der Waals surface area contributed by atoms with Gasteiger partial charge in [0.2, 0.25) is 0 Å². The number of amides is 2. The standard InChI is InChI=1S/C24H23N3O4S/c1-30-21-9-5-8-19(16-21)23(29)26-27-24(32)25-22(28)18-10-12-20(13-11-18)31-15-14-17-6-3-2-4-7-17/h2-13,16H,14-15H2,1H3,(H,26,29)(H2,25,27,28,32). The lowest BCUT2D eigenvalue weighted by Gasteiger charge is -2.11. The number of nitrogens with one attached hydrogen (secondary N) is 3. The summed E-state index contributed by atoms with van der Waals surface area (Å²) in [7, 11) is 1.52. The fraction of sp³-hybridized carbons (Fsp3) is 0.125. The lowest BCUT2D eigenvalue weighted by molar-refractivity contribution is 0.0934. The van der Waals surface area contributed by atoms with Crippen LogP contribution in [0.15, 0.2) is 78.9 Å². The van der Waals surface area contributed by atoms with Crippen molar-refractivity contribution in [3.05, 3.63) is 95.6 Å². The van der Waals surface area contributed by atoms with Crippen molar-refractivity contribution in [1.82, 2.24) is 16.2 Å². The summed E-state index contributed by atoms with van der Waals surface area (Å²) in [5, 5.41) is 2.48. The van der Waals surface area contributed by atoms with E-state index in [-0.39, 0.29) is 5.11 Å². The van der Waals surface area contributed by atoms with Gasteiger partial charge in [-0.1, -0.05) is 36.4 Å². The largest absolute Gasteiger partial charge is 0.497 e. The van der Waals surface area contributed by atoms with Gasteiger partial charge in [0, 0.05) is 17.5 Å². The Bertz CT molecular complexity index is 1070. The van der Waals surface area contributed by atoms with Gasteiger partial charge in [-0.3, -0.25) is 25.8 Å². The SMILES string of the molecule is COc1cccc(C(=O)NNC(=S)NC(=O)c2ccc(OCCc3ccccc3)cc2)c1. The Kier molecular flexibility index (Phi) is 8.16. The molecule has 0 spiro atoms. The molecule has 0 saturated heterocycles. The molecule has 0 aliphatic carbocycles. The minimum atomic E-state index is -0.419. The van der Waals surface area contributed by atoms with Gasteiger partial charge in [-0.25, -0.2) is 0 Å². The molecule has 0 atom stereocenters. The van der Waals surface area contributed by atoms with Crippen LogP contribution in [0.4, 0.5) is 0 Å². The number of carbonyl (C=O) groups excluding carboxylic acids is 2. The Balaban J connectivity index is 1.43. The number of carbonyl (C=O) groups is 2. The van der Waals surface area contributed by atoms with E-state index in [1.165, 1.54) is 12.7 Å². The molecule has 0 fully saturated rings. The topological polar surface area (TPSA) is 88.7 Å². The maximum Gasteiger partial charge on any atom is 0.269 e. The maximum absolute atomic E-state index is 12.4. The fourth-order valence-corrected chi connectivity index (χ4v) is 2.93. The molecule has 0 aliphatic heterocycles. The molecule has 0 aliphatic rings. The smallest absolute Gasteiger partial charge is 0.269 e. The zero-order valence-corrected chi connectivity index (χ0v) is 18.3. The van der Waals surface area contributed by atoms with Crippen molar-refractivity contribution in [2.45, 2.75) is 6.42 Å². The Morgan fingerprint density at radius 1 is 0.812 bits per heavy atom. The molecule has 8 heteroatoms. The second-order valence-corrected chi connectivity index (χ2v) is 7.11. The summed E-state index contributed by atoms with van der Waals surface area (Å²) in [6, 6.07) is 23.4. The quantitative estimate of drug-likeness (QED) is 0.379. The van der Waals surface area contributed by atoms with Crippen molar-refractivity contribution < 1.29 is 19.1 Å². The van der Waals surface area contributed by atoms with Gasteiger partial charge in [0.05, 0.1) is 13.7 Å². The Labute approximate surface area is 191 Å². The summed E-state index contributed by atoms with van der Waals surface area (Å²) in [4.78, 5) is 24.5. The minimum absolute atomic E-state index is 0.0329. The molecule has 2 amide bonds. The first-order chi connectivity index (χ1) is 15.5. The van der Waals surface area contributed by atoms with Gasteiger partial charge in [0.1, 0.15) is 11.5 Å². The summed E-state index contributed by atoms with van der Waals surface area (Å²) in [6.45, 7) is 0.538. The van der Waals surface area contributed by atoms with E-state index in [4.69, 9.17) is 21.7 Å². The molecule has 164 valence electrons. The average molecular weight is 450 g/mol. The number of hydrazine groups is 1. The maximum atomic E-state index is 12.4. The third-order valence-electron chi connectivity index (χ3n) is 4.47. The van der Waals surface area contributed by atoms with Crippen molar-refractivity contribution in [3.63, 3.8) is 0 Å². The molecule has 3 aromatic rings. The zero-order chi connectivity index (χ0) is 22.8. The molecule has 0 bridgehead atoms. The van der Waals surface area contributed by atoms with Gasteiger partial charge < -0.3 is 9.47 Å². The second-order valence-electron chi connectivity index (χ2n) is 6.70. The van der Waals surface area contributed by atoms with E-state index in [1.54, 1.807) is 48.5 Å². The Morgan fingerprint density at radius 3 is 2.28 bits per heavy atom. The highest BCUT2D eigenvalue weighted by atomic mass is 32.1. The predicted molar refractivity (Wildman–Crippen MR) is 126 cm³/mol. The number of methoxy groups -OCH3 is 1. The van der Waals surface area contributed by atoms with Crippen molar-refractivity contribution in [3.8, 4) is 11.5 Å². The number of benzene rings is 3. The van der Waals surface area contributed by atoms with Gasteiger partial charge >= 0.3 is 0 Å². The van der Waals surface area contributed by atoms with Crippen molar-refractivity contribution >= 4 is 29.1 Å². The van der Waals surface area contributed by atoms with Crippen LogP contribution in [0, 0.1) is 0 Å². The molecule has 0 saturated carbocycles. The molecule has 0 aromatic heterocycles.